The summed E-state index contributed by atoms with van der Waals surface area (Å²) in [5.41, 5.74) is 4.90. The molecule has 2 fully saturated rings. The minimum Gasteiger partial charge on any atom is -0.508 e. The second-order valence-electron chi connectivity index (χ2n) is 9.37. The number of phenols is 1. The standard InChI is InChI=1S/C26H27FN6O/c1-31-13-20(12-30-31)24-9-18(11-28-24)17-2-7-26(29-10-17)33-22-4-5-23(33)16-32(15-22)14-19-8-21(27)3-6-25(19)34/h2-3,6-13,22-23,28,34H,4-5,14-16H2,1H3. The van der Waals surface area contributed by atoms with Crippen LogP contribution in [0.5, 0.6) is 5.75 Å². The van der Waals surface area contributed by atoms with Gasteiger partial charge in [0, 0.05) is 85.3 Å². The lowest BCUT2D eigenvalue weighted by atomic mass is 10.1. The highest BCUT2D eigenvalue weighted by atomic mass is 19.1. The zero-order chi connectivity index (χ0) is 23.2. The molecule has 2 aliphatic heterocycles. The highest BCUT2D eigenvalue weighted by Gasteiger charge is 2.40. The number of anilines is 1. The molecular formula is C26H27FN6O. The molecule has 2 atom stereocenters. The zero-order valence-electron chi connectivity index (χ0n) is 19.0. The van der Waals surface area contributed by atoms with Gasteiger partial charge in [0.05, 0.1) is 6.20 Å². The first-order valence-corrected chi connectivity index (χ1v) is 11.7. The van der Waals surface area contributed by atoms with Crippen molar-refractivity contribution in [1.29, 1.82) is 0 Å². The van der Waals surface area contributed by atoms with Crippen LogP contribution in [0.1, 0.15) is 18.4 Å². The molecule has 6 rings (SSSR count). The molecule has 2 N–H and O–H groups in total. The average molecular weight is 459 g/mol. The topological polar surface area (TPSA) is 73.2 Å². The van der Waals surface area contributed by atoms with Gasteiger partial charge in [-0.25, -0.2) is 9.37 Å². The Balaban J connectivity index is 1.16. The third kappa shape index (κ3) is 3.84. The Morgan fingerprint density at radius 1 is 1.03 bits per heavy atom. The summed E-state index contributed by atoms with van der Waals surface area (Å²) in [4.78, 5) is 12.9. The molecule has 0 spiro atoms. The molecule has 34 heavy (non-hydrogen) atoms. The molecule has 0 aliphatic carbocycles. The van der Waals surface area contributed by atoms with Gasteiger partial charge in [-0.15, -0.1) is 0 Å². The van der Waals surface area contributed by atoms with Gasteiger partial charge in [-0.1, -0.05) is 0 Å². The van der Waals surface area contributed by atoms with Crippen molar-refractivity contribution in [2.45, 2.75) is 31.5 Å². The molecule has 2 aliphatic rings. The Morgan fingerprint density at radius 3 is 2.56 bits per heavy atom. The quantitative estimate of drug-likeness (QED) is 0.470. The number of H-pyrrole nitrogens is 1. The predicted octanol–water partition coefficient (Wildman–Crippen LogP) is 4.18. The zero-order valence-corrected chi connectivity index (χ0v) is 19.0. The van der Waals surface area contributed by atoms with E-state index in [0.717, 1.165) is 54.1 Å². The maximum absolute atomic E-state index is 13.6. The summed E-state index contributed by atoms with van der Waals surface area (Å²) < 4.78 is 15.4. The summed E-state index contributed by atoms with van der Waals surface area (Å²) in [6, 6.07) is 11.3. The SMILES string of the molecule is Cn1cc(-c2cc(-c3ccc(N4C5CCC4CN(Cc4cc(F)ccc4O)C5)nc3)c[nH]2)cn1. The van der Waals surface area contributed by atoms with Gasteiger partial charge in [0.25, 0.3) is 0 Å². The second-order valence-corrected chi connectivity index (χ2v) is 9.37. The fraction of sp³-hybridized carbons (Fsp3) is 0.308. The highest BCUT2D eigenvalue weighted by Crippen LogP contribution is 2.36. The second kappa shape index (κ2) is 8.29. The number of likely N-dealkylation sites (tertiary alicyclic amines) is 1. The first-order chi connectivity index (χ1) is 16.5. The third-order valence-electron chi connectivity index (χ3n) is 7.04. The molecule has 2 unspecified atom stereocenters. The van der Waals surface area contributed by atoms with Gasteiger partial charge in [-0.3, -0.25) is 9.58 Å². The Morgan fingerprint density at radius 2 is 1.85 bits per heavy atom. The number of rotatable bonds is 5. The van der Waals surface area contributed by atoms with Gasteiger partial charge in [-0.2, -0.15) is 5.10 Å². The van der Waals surface area contributed by atoms with Crippen molar-refractivity contribution in [3.8, 4) is 28.1 Å². The third-order valence-corrected chi connectivity index (χ3v) is 7.04. The van der Waals surface area contributed by atoms with Crippen LogP contribution in [0, 0.1) is 5.82 Å². The van der Waals surface area contributed by atoms with E-state index in [2.05, 4.69) is 38.1 Å². The molecular weight excluding hydrogens is 431 g/mol. The van der Waals surface area contributed by atoms with Gasteiger partial charge < -0.3 is 15.0 Å². The summed E-state index contributed by atoms with van der Waals surface area (Å²) in [6.45, 7) is 2.31. The first-order valence-electron chi connectivity index (χ1n) is 11.7. The summed E-state index contributed by atoms with van der Waals surface area (Å²) in [7, 11) is 1.91. The van der Waals surface area contributed by atoms with Crippen molar-refractivity contribution < 1.29 is 9.50 Å². The molecule has 0 amide bonds. The Kier molecular flexibility index (Phi) is 5.10. The van der Waals surface area contributed by atoms with Gasteiger partial charge in [0.2, 0.25) is 0 Å². The number of aromatic amines is 1. The molecule has 8 heteroatoms. The van der Waals surface area contributed by atoms with Crippen molar-refractivity contribution in [3.05, 3.63) is 72.6 Å². The van der Waals surface area contributed by atoms with Crippen LogP contribution in [0.25, 0.3) is 22.4 Å². The number of fused-ring (bicyclic) bond motifs is 2. The van der Waals surface area contributed by atoms with E-state index in [4.69, 9.17) is 4.98 Å². The van der Waals surface area contributed by atoms with Crippen molar-refractivity contribution in [2.24, 2.45) is 7.05 Å². The first kappa shape index (κ1) is 20.9. The van der Waals surface area contributed by atoms with E-state index in [1.54, 1.807) is 4.68 Å². The summed E-state index contributed by atoms with van der Waals surface area (Å²) in [5, 5.41) is 14.4. The fourth-order valence-electron chi connectivity index (χ4n) is 5.41. The van der Waals surface area contributed by atoms with Crippen molar-refractivity contribution in [2.75, 3.05) is 18.0 Å². The molecule has 1 aromatic carbocycles. The fourth-order valence-corrected chi connectivity index (χ4v) is 5.41. The molecule has 0 saturated carbocycles. The Labute approximate surface area is 197 Å². The van der Waals surface area contributed by atoms with Crippen molar-refractivity contribution in [1.82, 2.24) is 24.6 Å². The van der Waals surface area contributed by atoms with Crippen LogP contribution in [0.15, 0.2) is 61.2 Å². The lowest BCUT2D eigenvalue weighted by molar-refractivity contribution is 0.209. The molecule has 3 aromatic heterocycles. The van der Waals surface area contributed by atoms with E-state index < -0.39 is 0 Å². The largest absolute Gasteiger partial charge is 0.508 e. The van der Waals surface area contributed by atoms with Gasteiger partial charge >= 0.3 is 0 Å². The molecule has 2 bridgehead atoms. The summed E-state index contributed by atoms with van der Waals surface area (Å²) in [6.07, 6.45) is 10.0. The number of benzene rings is 1. The molecule has 7 nitrogen and oxygen atoms in total. The number of aromatic hydroxyl groups is 1. The number of nitrogens with one attached hydrogen (secondary N) is 1. The summed E-state index contributed by atoms with van der Waals surface area (Å²) in [5.74, 6) is 0.853. The average Bonchev–Trinajstić information content (AvgIpc) is 3.55. The van der Waals surface area contributed by atoms with Gasteiger partial charge in [0.1, 0.15) is 17.4 Å². The number of halogens is 1. The van der Waals surface area contributed by atoms with Crippen LogP contribution < -0.4 is 4.90 Å². The van der Waals surface area contributed by atoms with E-state index in [1.807, 2.05) is 31.8 Å². The number of pyridine rings is 1. The van der Waals surface area contributed by atoms with Crippen molar-refractivity contribution in [3.63, 3.8) is 0 Å². The molecule has 0 radical (unpaired) electrons. The van der Waals surface area contributed by atoms with E-state index in [-0.39, 0.29) is 11.6 Å². The normalized spacial score (nSPS) is 20.2. The number of piperazine rings is 1. The lowest BCUT2D eigenvalue weighted by Crippen LogP contribution is -2.53. The van der Waals surface area contributed by atoms with Gasteiger partial charge in [0.15, 0.2) is 0 Å². The number of hydrogen-bond donors (Lipinski definition) is 2. The van der Waals surface area contributed by atoms with E-state index in [0.29, 0.717) is 24.2 Å². The summed E-state index contributed by atoms with van der Waals surface area (Å²) >= 11 is 0. The molecule has 174 valence electrons. The monoisotopic (exact) mass is 458 g/mol. The Bertz CT molecular complexity index is 1300. The molecule has 2 saturated heterocycles. The van der Waals surface area contributed by atoms with Crippen molar-refractivity contribution >= 4 is 5.82 Å². The van der Waals surface area contributed by atoms with Gasteiger partial charge in [-0.05, 0) is 49.2 Å². The minimum atomic E-state index is -0.311. The molecule has 5 heterocycles. The van der Waals surface area contributed by atoms with E-state index >= 15 is 0 Å². The smallest absolute Gasteiger partial charge is 0.129 e. The molecule has 4 aromatic rings. The van der Waals surface area contributed by atoms with E-state index in [9.17, 15) is 9.50 Å². The maximum atomic E-state index is 13.6. The van der Waals surface area contributed by atoms with Crippen LogP contribution in [-0.4, -0.2) is 54.9 Å². The number of hydrogen-bond acceptors (Lipinski definition) is 5. The van der Waals surface area contributed by atoms with Crippen LogP contribution in [0.3, 0.4) is 0 Å². The highest BCUT2D eigenvalue weighted by molar-refractivity contribution is 5.71. The van der Waals surface area contributed by atoms with Crippen LogP contribution in [0.4, 0.5) is 10.2 Å². The Hall–Kier alpha value is -3.65. The number of nitrogens with zero attached hydrogens (tertiary/aromatic N) is 5. The number of aromatic nitrogens is 4. The predicted molar refractivity (Wildman–Crippen MR) is 129 cm³/mol. The van der Waals surface area contributed by atoms with Crippen LogP contribution >= 0.6 is 0 Å². The minimum absolute atomic E-state index is 0.157. The number of aryl methyl sites for hydroxylation is 1. The van der Waals surface area contributed by atoms with Crippen LogP contribution in [0.2, 0.25) is 0 Å². The lowest BCUT2D eigenvalue weighted by Gasteiger charge is -2.42. The maximum Gasteiger partial charge on any atom is 0.129 e. The number of phenolic OH excluding ortho intramolecular Hbond substituents is 1. The van der Waals surface area contributed by atoms with Crippen LogP contribution in [-0.2, 0) is 13.6 Å². The van der Waals surface area contributed by atoms with E-state index in [1.165, 1.54) is 18.2 Å².